The van der Waals surface area contributed by atoms with Gasteiger partial charge in [-0.2, -0.15) is 0 Å². The highest BCUT2D eigenvalue weighted by Gasteiger charge is 2.36. The maximum absolute atomic E-state index is 13.8. The number of aryl methyl sites for hydroxylation is 6. The number of H-pyrrole nitrogens is 2. The normalized spacial score (nSPS) is 20.5. The van der Waals surface area contributed by atoms with Crippen molar-refractivity contribution in [2.45, 2.75) is 171 Å². The van der Waals surface area contributed by atoms with Gasteiger partial charge in [0.1, 0.15) is 0 Å². The SMILES string of the molecule is Cc1cc(C)c(CN2CCCc3sc([C@H](C)C4CCN(CC5(C)CCCCC5)CC4)c(C)c3C2=O)c(=O)[nH]1.Cc1cc(C)c(CN2CCCc3sc([C@H](C)C4CCNCC4)c(C)c3C2=O)c(=O)[nH]1. The van der Waals surface area contributed by atoms with Gasteiger partial charge in [0.25, 0.3) is 22.9 Å². The maximum Gasteiger partial charge on any atom is 0.255 e. The molecule has 9 rings (SSSR count). The van der Waals surface area contributed by atoms with Crippen molar-refractivity contribution in [3.8, 4) is 0 Å². The van der Waals surface area contributed by atoms with Crippen molar-refractivity contribution >= 4 is 34.5 Å². The molecule has 1 saturated carbocycles. The lowest BCUT2D eigenvalue weighted by molar-refractivity contribution is 0.0740. The van der Waals surface area contributed by atoms with E-state index in [1.165, 1.54) is 108 Å². The van der Waals surface area contributed by atoms with Crippen molar-refractivity contribution in [2.24, 2.45) is 17.3 Å². The van der Waals surface area contributed by atoms with Gasteiger partial charge in [-0.05, 0) is 195 Å². The number of pyridine rings is 2. The monoisotopic (exact) mass is 965 g/mol. The van der Waals surface area contributed by atoms with Crippen LogP contribution in [0, 0.1) is 58.8 Å². The number of nitrogens with zero attached hydrogens (tertiary/aromatic N) is 3. The predicted octanol–water partition coefficient (Wildman–Crippen LogP) is 10.8. The summed E-state index contributed by atoms with van der Waals surface area (Å²) < 4.78 is 0. The molecule has 0 spiro atoms. The van der Waals surface area contributed by atoms with E-state index in [-0.39, 0.29) is 22.9 Å². The summed E-state index contributed by atoms with van der Waals surface area (Å²) in [6.45, 7) is 27.3. The number of nitrogens with one attached hydrogen (secondary N) is 3. The first-order valence-corrected chi connectivity index (χ1v) is 27.8. The van der Waals surface area contributed by atoms with Gasteiger partial charge in [-0.25, -0.2) is 0 Å². The van der Waals surface area contributed by atoms with Gasteiger partial charge >= 0.3 is 0 Å². The number of piperidine rings is 2. The predicted molar refractivity (Wildman–Crippen MR) is 280 cm³/mol. The minimum absolute atomic E-state index is 0.0695. The van der Waals surface area contributed by atoms with Gasteiger partial charge in [-0.1, -0.05) is 40.0 Å². The standard InChI is InChI=1S/C32H47N3O2S.C24H33N3O2S/c1-21-18-22(2)33-30(36)26(21)19-35-15-9-10-27-28(31(35)37)24(4)29(38-27)23(3)25-11-16-34(17-12-25)20-32(5)13-7-6-8-14-32;1-14-12-15(2)26-23(28)19(14)13-27-11-5-6-20-21(24(27)29)17(4)22(30-20)16(3)18-7-9-25-10-8-18/h18,23,25H,6-17,19-20H2,1-5H3,(H,33,36);12,16,18,25H,5-11,13H2,1-4H3,(H,26,28)/t23-;16-/m11/s1. The van der Waals surface area contributed by atoms with Crippen molar-refractivity contribution < 1.29 is 9.59 Å². The third kappa shape index (κ3) is 11.0. The molecule has 0 bridgehead atoms. The summed E-state index contributed by atoms with van der Waals surface area (Å²) in [5, 5.41) is 3.46. The molecule has 10 nitrogen and oxygen atoms in total. The van der Waals surface area contributed by atoms with Crippen molar-refractivity contribution in [1.82, 2.24) is 30.0 Å². The van der Waals surface area contributed by atoms with E-state index in [9.17, 15) is 19.2 Å². The Balaban J connectivity index is 0.000000189. The summed E-state index contributed by atoms with van der Waals surface area (Å²) in [4.78, 5) is 70.3. The molecule has 1 aliphatic carbocycles. The highest BCUT2D eigenvalue weighted by Crippen LogP contribution is 2.44. The first-order valence-electron chi connectivity index (χ1n) is 26.2. The van der Waals surface area contributed by atoms with Gasteiger partial charge in [0, 0.05) is 61.7 Å². The molecule has 8 heterocycles. The Morgan fingerprint density at radius 2 is 1.06 bits per heavy atom. The molecule has 370 valence electrons. The Morgan fingerprint density at radius 3 is 1.50 bits per heavy atom. The number of hydrogen-bond donors (Lipinski definition) is 3. The Hall–Kier alpha value is -3.84. The Bertz CT molecular complexity index is 2560. The van der Waals surface area contributed by atoms with E-state index >= 15 is 0 Å². The van der Waals surface area contributed by atoms with Crippen molar-refractivity contribution in [2.75, 3.05) is 45.8 Å². The quantitative estimate of drug-likeness (QED) is 0.146. The first kappa shape index (κ1) is 50.5. The van der Waals surface area contributed by atoms with Crippen LogP contribution >= 0.6 is 22.7 Å². The molecule has 4 aromatic rings. The van der Waals surface area contributed by atoms with Crippen LogP contribution in [-0.2, 0) is 25.9 Å². The Labute approximate surface area is 414 Å². The van der Waals surface area contributed by atoms with Crippen molar-refractivity contribution in [1.29, 1.82) is 0 Å². The lowest BCUT2D eigenvalue weighted by Crippen LogP contribution is -2.42. The topological polar surface area (TPSA) is 122 Å². The number of thiophene rings is 2. The van der Waals surface area contributed by atoms with E-state index in [1.54, 1.807) is 0 Å². The van der Waals surface area contributed by atoms with Gasteiger partial charge in [0.2, 0.25) is 0 Å². The fourth-order valence-corrected chi connectivity index (χ4v) is 15.6. The molecule has 2 amide bonds. The molecular formula is C56H80N6O4S2. The average molecular weight is 965 g/mol. The van der Waals surface area contributed by atoms with Crippen LogP contribution in [0.25, 0.3) is 0 Å². The fraction of sp³-hybridized carbons (Fsp3) is 0.643. The molecule has 0 radical (unpaired) electrons. The van der Waals surface area contributed by atoms with Crippen LogP contribution < -0.4 is 16.4 Å². The van der Waals surface area contributed by atoms with Gasteiger partial charge in [-0.3, -0.25) is 19.2 Å². The molecular weight excluding hydrogens is 885 g/mol. The third-order valence-electron chi connectivity index (χ3n) is 16.8. The molecule has 3 fully saturated rings. The number of carbonyl (C=O) groups excluding carboxylic acids is 2. The average Bonchev–Trinajstić information content (AvgIpc) is 3.69. The van der Waals surface area contributed by atoms with Gasteiger partial charge < -0.3 is 30.0 Å². The zero-order valence-electron chi connectivity index (χ0n) is 42.8. The maximum atomic E-state index is 13.8. The van der Waals surface area contributed by atoms with Gasteiger partial charge in [0.05, 0.1) is 24.2 Å². The van der Waals surface area contributed by atoms with E-state index in [0.717, 1.165) is 72.4 Å². The highest BCUT2D eigenvalue weighted by molar-refractivity contribution is 7.13. The van der Waals surface area contributed by atoms with Crippen LogP contribution in [0.4, 0.5) is 0 Å². The summed E-state index contributed by atoms with van der Waals surface area (Å²) in [6.07, 6.45) is 15.8. The molecule has 2 atom stereocenters. The molecule has 0 aromatic carbocycles. The second-order valence-electron chi connectivity index (χ2n) is 22.0. The van der Waals surface area contributed by atoms with Gasteiger partial charge in [-0.15, -0.1) is 22.7 Å². The molecule has 3 N–H and O–H groups in total. The number of likely N-dealkylation sites (tertiary alicyclic amines) is 1. The molecule has 4 aromatic heterocycles. The zero-order chi connectivity index (χ0) is 48.4. The number of fused-ring (bicyclic) bond motifs is 2. The van der Waals surface area contributed by atoms with Crippen LogP contribution in [0.5, 0.6) is 0 Å². The second kappa shape index (κ2) is 21.7. The number of hydrogen-bond acceptors (Lipinski definition) is 8. The number of carbonyl (C=O) groups is 2. The molecule has 2 saturated heterocycles. The summed E-state index contributed by atoms with van der Waals surface area (Å²) in [5.74, 6) is 2.56. The lowest BCUT2D eigenvalue weighted by atomic mass is 9.74. The number of aromatic nitrogens is 2. The van der Waals surface area contributed by atoms with E-state index < -0.39 is 0 Å². The van der Waals surface area contributed by atoms with Crippen LogP contribution in [0.1, 0.15) is 188 Å². The Kier molecular flexibility index (Phi) is 16.1. The minimum Gasteiger partial charge on any atom is -0.334 e. The van der Waals surface area contributed by atoms with E-state index in [4.69, 9.17) is 0 Å². The molecule has 5 aliphatic rings. The molecule has 4 aliphatic heterocycles. The van der Waals surface area contributed by atoms with E-state index in [2.05, 4.69) is 54.8 Å². The second-order valence-corrected chi connectivity index (χ2v) is 24.2. The molecule has 12 heteroatoms. The van der Waals surface area contributed by atoms with Crippen molar-refractivity contribution in [3.63, 3.8) is 0 Å². The third-order valence-corrected chi connectivity index (χ3v) is 19.9. The van der Waals surface area contributed by atoms with Crippen LogP contribution in [-0.4, -0.2) is 82.3 Å². The zero-order valence-corrected chi connectivity index (χ0v) is 44.4. The summed E-state index contributed by atoms with van der Waals surface area (Å²) in [5.41, 5.74) is 9.63. The van der Waals surface area contributed by atoms with E-state index in [0.29, 0.717) is 66.4 Å². The largest absolute Gasteiger partial charge is 0.334 e. The smallest absolute Gasteiger partial charge is 0.255 e. The van der Waals surface area contributed by atoms with Crippen molar-refractivity contribution in [3.05, 3.63) is 108 Å². The highest BCUT2D eigenvalue weighted by atomic mass is 32.1. The molecule has 68 heavy (non-hydrogen) atoms. The summed E-state index contributed by atoms with van der Waals surface area (Å²) in [7, 11) is 0. The fourth-order valence-electron chi connectivity index (χ4n) is 12.7. The number of rotatable bonds is 10. The van der Waals surface area contributed by atoms with Crippen LogP contribution in [0.2, 0.25) is 0 Å². The van der Waals surface area contributed by atoms with E-state index in [1.807, 2.05) is 72.3 Å². The lowest BCUT2D eigenvalue weighted by Gasteiger charge is -2.42. The van der Waals surface area contributed by atoms with Gasteiger partial charge in [0.15, 0.2) is 0 Å². The minimum atomic E-state index is -0.0768. The van der Waals surface area contributed by atoms with Crippen LogP contribution in [0.3, 0.4) is 0 Å². The van der Waals surface area contributed by atoms with Crippen LogP contribution in [0.15, 0.2) is 21.7 Å². The molecule has 0 unspecified atom stereocenters. The first-order chi connectivity index (χ1) is 32.5. The summed E-state index contributed by atoms with van der Waals surface area (Å²) >= 11 is 3.76. The number of amides is 2. The Morgan fingerprint density at radius 1 is 0.618 bits per heavy atom. The summed E-state index contributed by atoms with van der Waals surface area (Å²) in [6, 6.07) is 3.99. The number of aromatic amines is 2.